The number of carbonyl (C=O) groups is 1. The summed E-state index contributed by atoms with van der Waals surface area (Å²) in [4.78, 5) is 20.1. The van der Waals surface area contributed by atoms with Gasteiger partial charge in [0.25, 0.3) is 0 Å². The SMILES string of the molecule is COc1ccc(-c2nc3sc(N(C)CC(=O)Nc4cccc(Cl)c4C)nn3c2NC(C)(C)C)cc1. The number of nitrogens with zero attached hydrogens (tertiary/aromatic N) is 4. The first-order chi connectivity index (χ1) is 16.6. The van der Waals surface area contributed by atoms with Gasteiger partial charge in [0.2, 0.25) is 16.0 Å². The smallest absolute Gasteiger partial charge is 0.243 e. The van der Waals surface area contributed by atoms with Gasteiger partial charge in [0.15, 0.2) is 5.82 Å². The number of carbonyl (C=O) groups excluding carboxylic acids is 1. The van der Waals surface area contributed by atoms with Crippen molar-refractivity contribution in [2.24, 2.45) is 0 Å². The number of hydrogen-bond donors (Lipinski definition) is 2. The van der Waals surface area contributed by atoms with Crippen LogP contribution in [0.25, 0.3) is 16.2 Å². The third-order valence-corrected chi connectivity index (χ3v) is 6.73. The standard InChI is InChI=1S/C25H29ClN6O2S/c1-15-18(26)8-7-9-19(15)27-20(33)14-31(5)24-30-32-22(29-25(2,3)4)21(28-23(32)35-24)16-10-12-17(34-6)13-11-16/h7-13,29H,14H2,1-6H3,(H,27,33). The molecule has 0 saturated heterocycles. The minimum absolute atomic E-state index is 0.135. The van der Waals surface area contributed by atoms with Crippen molar-refractivity contribution >= 4 is 50.4 Å². The molecule has 1 amide bonds. The average molecular weight is 513 g/mol. The van der Waals surface area contributed by atoms with Gasteiger partial charge in [-0.25, -0.2) is 4.98 Å². The molecule has 0 aliphatic carbocycles. The Labute approximate surface area is 213 Å². The first kappa shape index (κ1) is 24.8. The van der Waals surface area contributed by atoms with Gasteiger partial charge in [0.1, 0.15) is 11.4 Å². The van der Waals surface area contributed by atoms with E-state index in [0.29, 0.717) is 15.8 Å². The van der Waals surface area contributed by atoms with Gasteiger partial charge in [0, 0.05) is 28.9 Å². The van der Waals surface area contributed by atoms with Crippen LogP contribution in [0, 0.1) is 6.92 Å². The molecule has 0 saturated carbocycles. The van der Waals surface area contributed by atoms with Crippen LogP contribution in [0.3, 0.4) is 0 Å². The van der Waals surface area contributed by atoms with Crippen LogP contribution in [0.5, 0.6) is 5.75 Å². The molecule has 2 heterocycles. The number of likely N-dealkylation sites (N-methyl/N-ethyl adjacent to an activating group) is 1. The molecule has 0 radical (unpaired) electrons. The molecule has 184 valence electrons. The van der Waals surface area contributed by atoms with Crippen molar-refractivity contribution in [1.29, 1.82) is 0 Å². The zero-order valence-corrected chi connectivity index (χ0v) is 22.2. The van der Waals surface area contributed by atoms with Crippen LogP contribution in [0.2, 0.25) is 5.02 Å². The van der Waals surface area contributed by atoms with E-state index in [1.54, 1.807) is 17.7 Å². The Balaban J connectivity index is 1.60. The van der Waals surface area contributed by atoms with Gasteiger partial charge in [-0.3, -0.25) is 4.79 Å². The number of halogens is 1. The van der Waals surface area contributed by atoms with Crippen LogP contribution in [0.15, 0.2) is 42.5 Å². The van der Waals surface area contributed by atoms with Gasteiger partial charge in [-0.05, 0) is 69.7 Å². The lowest BCUT2D eigenvalue weighted by molar-refractivity contribution is -0.114. The van der Waals surface area contributed by atoms with Crippen LogP contribution < -0.4 is 20.3 Å². The summed E-state index contributed by atoms with van der Waals surface area (Å²) in [5.74, 6) is 1.43. The fourth-order valence-electron chi connectivity index (χ4n) is 3.53. The van der Waals surface area contributed by atoms with Crippen molar-refractivity contribution in [3.05, 3.63) is 53.1 Å². The predicted octanol–water partition coefficient (Wildman–Crippen LogP) is 5.71. The number of benzene rings is 2. The third-order valence-electron chi connectivity index (χ3n) is 5.30. The number of imidazole rings is 1. The summed E-state index contributed by atoms with van der Waals surface area (Å²) in [5, 5.41) is 12.5. The monoisotopic (exact) mass is 512 g/mol. The van der Waals surface area contributed by atoms with Crippen molar-refractivity contribution in [3.63, 3.8) is 0 Å². The number of ether oxygens (including phenoxy) is 1. The largest absolute Gasteiger partial charge is 0.497 e. The average Bonchev–Trinajstić information content (AvgIpc) is 3.35. The van der Waals surface area contributed by atoms with E-state index >= 15 is 0 Å². The van der Waals surface area contributed by atoms with E-state index in [9.17, 15) is 4.79 Å². The Kier molecular flexibility index (Phi) is 6.91. The summed E-state index contributed by atoms with van der Waals surface area (Å²) in [5.41, 5.74) is 3.10. The van der Waals surface area contributed by atoms with Gasteiger partial charge in [-0.2, -0.15) is 4.52 Å². The second-order valence-corrected chi connectivity index (χ2v) is 10.6. The molecule has 0 fully saturated rings. The second-order valence-electron chi connectivity index (χ2n) is 9.31. The van der Waals surface area contributed by atoms with E-state index < -0.39 is 0 Å². The fourth-order valence-corrected chi connectivity index (χ4v) is 4.56. The Morgan fingerprint density at radius 1 is 1.20 bits per heavy atom. The van der Waals surface area contributed by atoms with Crippen molar-refractivity contribution in [2.45, 2.75) is 33.2 Å². The van der Waals surface area contributed by atoms with Crippen molar-refractivity contribution in [1.82, 2.24) is 14.6 Å². The minimum Gasteiger partial charge on any atom is -0.497 e. The molecule has 0 aliphatic rings. The highest BCUT2D eigenvalue weighted by Gasteiger charge is 2.23. The minimum atomic E-state index is -0.207. The molecule has 35 heavy (non-hydrogen) atoms. The summed E-state index contributed by atoms with van der Waals surface area (Å²) in [6.45, 7) is 8.28. The molecule has 2 N–H and O–H groups in total. The molecule has 2 aromatic carbocycles. The molecule has 0 spiro atoms. The maximum atomic E-state index is 12.7. The highest BCUT2D eigenvalue weighted by Crippen LogP contribution is 2.35. The molecule has 2 aromatic heterocycles. The maximum Gasteiger partial charge on any atom is 0.243 e. The van der Waals surface area contributed by atoms with Crippen molar-refractivity contribution in [2.75, 3.05) is 36.2 Å². The Morgan fingerprint density at radius 3 is 2.57 bits per heavy atom. The maximum absolute atomic E-state index is 12.7. The van der Waals surface area contributed by atoms with Crippen LogP contribution in [-0.4, -0.2) is 46.7 Å². The van der Waals surface area contributed by atoms with E-state index in [1.165, 1.54) is 11.3 Å². The molecule has 0 aliphatic heterocycles. The molecule has 0 atom stereocenters. The molecule has 10 heteroatoms. The third kappa shape index (κ3) is 5.52. The molecule has 8 nitrogen and oxygen atoms in total. The lowest BCUT2D eigenvalue weighted by atomic mass is 10.1. The molecule has 4 rings (SSSR count). The van der Waals surface area contributed by atoms with Crippen molar-refractivity contribution < 1.29 is 9.53 Å². The summed E-state index contributed by atoms with van der Waals surface area (Å²) < 4.78 is 7.09. The lowest BCUT2D eigenvalue weighted by Gasteiger charge is -2.22. The normalized spacial score (nSPS) is 11.5. The summed E-state index contributed by atoms with van der Waals surface area (Å²) in [6.07, 6.45) is 0. The van der Waals surface area contributed by atoms with Crippen LogP contribution in [0.4, 0.5) is 16.6 Å². The lowest BCUT2D eigenvalue weighted by Crippen LogP contribution is -2.30. The first-order valence-electron chi connectivity index (χ1n) is 11.1. The number of anilines is 3. The molecule has 0 bridgehead atoms. The number of methoxy groups -OCH3 is 1. The molecule has 4 aromatic rings. The van der Waals surface area contributed by atoms with Gasteiger partial charge in [0.05, 0.1) is 13.7 Å². The molecular formula is C25H29ClN6O2S. The van der Waals surface area contributed by atoms with E-state index in [2.05, 4.69) is 31.4 Å². The number of nitrogens with one attached hydrogen (secondary N) is 2. The number of fused-ring (bicyclic) bond motifs is 1. The highest BCUT2D eigenvalue weighted by molar-refractivity contribution is 7.20. The van der Waals surface area contributed by atoms with Crippen LogP contribution in [-0.2, 0) is 4.79 Å². The van der Waals surface area contributed by atoms with E-state index in [1.807, 2.05) is 55.3 Å². The highest BCUT2D eigenvalue weighted by atomic mass is 35.5. The van der Waals surface area contributed by atoms with Gasteiger partial charge < -0.3 is 20.3 Å². The fraction of sp³-hybridized carbons (Fsp3) is 0.320. The van der Waals surface area contributed by atoms with Gasteiger partial charge in [-0.1, -0.05) is 29.0 Å². The Morgan fingerprint density at radius 2 is 1.91 bits per heavy atom. The van der Waals surface area contributed by atoms with E-state index in [0.717, 1.165) is 33.3 Å². The first-order valence-corrected chi connectivity index (χ1v) is 12.3. The Bertz CT molecular complexity index is 1360. The molecule has 0 unspecified atom stereocenters. The summed E-state index contributed by atoms with van der Waals surface area (Å²) >= 11 is 7.60. The number of rotatable bonds is 7. The zero-order valence-electron chi connectivity index (χ0n) is 20.6. The summed E-state index contributed by atoms with van der Waals surface area (Å²) in [7, 11) is 3.48. The zero-order chi connectivity index (χ0) is 25.3. The number of hydrogen-bond acceptors (Lipinski definition) is 7. The molecular weight excluding hydrogens is 484 g/mol. The van der Waals surface area contributed by atoms with Gasteiger partial charge >= 0.3 is 0 Å². The predicted molar refractivity (Wildman–Crippen MR) is 144 cm³/mol. The number of aromatic nitrogens is 3. The summed E-state index contributed by atoms with van der Waals surface area (Å²) in [6, 6.07) is 13.2. The topological polar surface area (TPSA) is 83.8 Å². The second kappa shape index (κ2) is 9.75. The van der Waals surface area contributed by atoms with Crippen molar-refractivity contribution in [3.8, 4) is 17.0 Å². The van der Waals surface area contributed by atoms with E-state index in [4.69, 9.17) is 26.4 Å². The van der Waals surface area contributed by atoms with E-state index in [-0.39, 0.29) is 18.0 Å². The van der Waals surface area contributed by atoms with Gasteiger partial charge in [-0.15, -0.1) is 5.10 Å². The van der Waals surface area contributed by atoms with Crippen LogP contribution in [0.1, 0.15) is 26.3 Å². The quantitative estimate of drug-likeness (QED) is 0.330. The van der Waals surface area contributed by atoms with Crippen LogP contribution >= 0.6 is 22.9 Å². The Hall–Kier alpha value is -3.30. The number of amides is 1.